The van der Waals surface area contributed by atoms with Crippen LogP contribution < -0.4 is 7.55 Å². The number of hydrogen-bond donors (Lipinski definition) is 0. The minimum atomic E-state index is 0.370. The average Bonchev–Trinajstić information content (AvgIpc) is 2.77. The molecule has 2 heterocycles. The molecule has 4 heteroatoms. The van der Waals surface area contributed by atoms with Crippen LogP contribution in [-0.4, -0.2) is 15.8 Å². The Morgan fingerprint density at radius 3 is 1.83 bits per heavy atom. The van der Waals surface area contributed by atoms with Gasteiger partial charge >= 0.3 is 92.7 Å². The summed E-state index contributed by atoms with van der Waals surface area (Å²) in [4.78, 5) is 0. The zero-order valence-electron chi connectivity index (χ0n) is 6.58. The number of thiophene rings is 2. The first-order valence-electron chi connectivity index (χ1n) is 3.39. The van der Waals surface area contributed by atoms with Gasteiger partial charge in [-0.25, -0.2) is 0 Å². The van der Waals surface area contributed by atoms with Crippen LogP contribution in [0.15, 0.2) is 35.0 Å². The van der Waals surface area contributed by atoms with Crippen LogP contribution in [0.5, 0.6) is 0 Å². The summed E-state index contributed by atoms with van der Waals surface area (Å²) >= 11 is 6.34. The molecule has 0 aliphatic rings. The third-order valence-electron chi connectivity index (χ3n) is 1.38. The Hall–Kier alpha value is 0.517. The first kappa shape index (κ1) is 9.09. The number of hydrogen-bond acceptors (Lipinski definition) is 2. The summed E-state index contributed by atoms with van der Waals surface area (Å²) in [5.41, 5.74) is 0. The van der Waals surface area contributed by atoms with E-state index in [1.807, 2.05) is 22.7 Å². The molecule has 0 fully saturated rings. The van der Waals surface area contributed by atoms with Crippen molar-refractivity contribution >= 4 is 46.0 Å². The van der Waals surface area contributed by atoms with Crippen molar-refractivity contribution in [1.82, 2.24) is 0 Å². The second-order valence-corrected chi connectivity index (χ2v) is 6.74. The van der Waals surface area contributed by atoms with Gasteiger partial charge in [-0.1, -0.05) is 0 Å². The van der Waals surface area contributed by atoms with Crippen molar-refractivity contribution in [1.29, 1.82) is 0 Å². The molecule has 12 heavy (non-hydrogen) atoms. The third kappa shape index (κ3) is 1.88. The Morgan fingerprint density at radius 1 is 1.00 bits per heavy atom. The first-order valence-corrected chi connectivity index (χ1v) is 7.04. The average molecular weight is 237 g/mol. The Labute approximate surface area is 92.0 Å². The molecular weight excluding hydrogens is 231 g/mol. The van der Waals surface area contributed by atoms with E-state index < -0.39 is 0 Å². The molecule has 0 unspecified atom stereocenters. The van der Waals surface area contributed by atoms with E-state index in [0.29, 0.717) is 11.7 Å². The Kier molecular flexibility index (Phi) is 3.14. The summed E-state index contributed by atoms with van der Waals surface area (Å²) in [6.45, 7) is 0. The summed E-state index contributed by atoms with van der Waals surface area (Å²) in [6.07, 6.45) is 0. The standard InChI is InChI=1S/2C4H3S.Cu.Li/c2*1-2-4-5-3-1;;/h2*1-3H;;. The van der Waals surface area contributed by atoms with Gasteiger partial charge in [-0.05, 0) is 0 Å². The van der Waals surface area contributed by atoms with Gasteiger partial charge in [0.15, 0.2) is 0 Å². The van der Waals surface area contributed by atoms with Crippen molar-refractivity contribution in [3.05, 3.63) is 35.0 Å². The van der Waals surface area contributed by atoms with Crippen molar-refractivity contribution < 1.29 is 11.7 Å². The molecule has 0 bridgehead atoms. The zero-order valence-corrected chi connectivity index (χ0v) is 9.16. The van der Waals surface area contributed by atoms with Crippen LogP contribution in [0.1, 0.15) is 0 Å². The van der Waals surface area contributed by atoms with Crippen molar-refractivity contribution in [2.45, 2.75) is 0 Å². The van der Waals surface area contributed by atoms with Gasteiger partial charge in [-0.15, -0.1) is 0 Å². The van der Waals surface area contributed by atoms with E-state index in [0.717, 1.165) is 0 Å². The summed E-state index contributed by atoms with van der Waals surface area (Å²) in [5, 5.41) is 4.29. The van der Waals surface area contributed by atoms with E-state index >= 15 is 0 Å². The van der Waals surface area contributed by atoms with Crippen molar-refractivity contribution in [2.24, 2.45) is 0 Å². The molecular formula is C8H6CuLiS2. The predicted octanol–water partition coefficient (Wildman–Crippen LogP) is 1.46. The van der Waals surface area contributed by atoms with Gasteiger partial charge < -0.3 is 0 Å². The molecule has 0 spiro atoms. The monoisotopic (exact) mass is 236 g/mol. The topological polar surface area (TPSA) is 0 Å². The summed E-state index contributed by atoms with van der Waals surface area (Å²) in [5.74, 6) is 0. The Morgan fingerprint density at radius 2 is 1.50 bits per heavy atom. The molecule has 0 nitrogen and oxygen atoms in total. The summed E-state index contributed by atoms with van der Waals surface area (Å²) in [6, 6.07) is 8.67. The Bertz CT molecular complexity index is 294. The van der Waals surface area contributed by atoms with Crippen LogP contribution in [-0.2, 0) is 11.7 Å². The molecule has 0 radical (unpaired) electrons. The normalized spacial score (nSPS) is 11.7. The third-order valence-corrected chi connectivity index (χ3v) is 6.54. The maximum absolute atomic E-state index is 2.28. The molecule has 2 aromatic rings. The van der Waals surface area contributed by atoms with Crippen LogP contribution in [0, 0.1) is 0 Å². The molecule has 2 aromatic heterocycles. The van der Waals surface area contributed by atoms with Crippen molar-refractivity contribution in [3.8, 4) is 0 Å². The van der Waals surface area contributed by atoms with Gasteiger partial charge in [-0.2, -0.15) is 0 Å². The van der Waals surface area contributed by atoms with Crippen LogP contribution in [0.2, 0.25) is 0 Å². The van der Waals surface area contributed by atoms with Crippen molar-refractivity contribution in [2.75, 3.05) is 0 Å². The summed E-state index contributed by atoms with van der Waals surface area (Å²) < 4.78 is 2.95. The molecule has 0 aliphatic heterocycles. The van der Waals surface area contributed by atoms with Gasteiger partial charge in [-0.3, -0.25) is 0 Å². The van der Waals surface area contributed by atoms with Crippen LogP contribution in [0.4, 0.5) is 0 Å². The van der Waals surface area contributed by atoms with E-state index in [2.05, 4.69) is 50.8 Å². The minimum absolute atomic E-state index is 0.370. The fourth-order valence-corrected chi connectivity index (χ4v) is 4.87. The van der Waals surface area contributed by atoms with Crippen molar-refractivity contribution in [3.63, 3.8) is 0 Å². The molecule has 0 N–H and O–H groups in total. The molecule has 2 rings (SSSR count). The maximum atomic E-state index is 2.28. The van der Waals surface area contributed by atoms with E-state index in [1.165, 1.54) is 7.55 Å². The van der Waals surface area contributed by atoms with E-state index in [-0.39, 0.29) is 0 Å². The molecule has 0 aliphatic carbocycles. The molecule has 0 atom stereocenters. The molecule has 0 aromatic carbocycles. The SMILES string of the molecule is [Li][Cu]([c]1cccs1)[c]1cccs1. The van der Waals surface area contributed by atoms with Crippen LogP contribution >= 0.6 is 22.7 Å². The van der Waals surface area contributed by atoms with E-state index in [9.17, 15) is 0 Å². The fourth-order valence-electron chi connectivity index (χ4n) is 0.822. The van der Waals surface area contributed by atoms with E-state index in [4.69, 9.17) is 0 Å². The molecule has 0 saturated heterocycles. The second-order valence-electron chi connectivity index (χ2n) is 2.14. The van der Waals surface area contributed by atoms with Crippen LogP contribution in [0.3, 0.4) is 0 Å². The molecule has 0 amide bonds. The second kappa shape index (κ2) is 4.15. The van der Waals surface area contributed by atoms with E-state index in [1.54, 1.807) is 0 Å². The molecule has 62 valence electrons. The first-order chi connectivity index (χ1) is 5.88. The zero-order chi connectivity index (χ0) is 8.39. The molecule has 0 saturated carbocycles. The number of rotatable bonds is 2. The van der Waals surface area contributed by atoms with Gasteiger partial charge in [0.1, 0.15) is 0 Å². The van der Waals surface area contributed by atoms with Crippen LogP contribution in [0.25, 0.3) is 0 Å². The summed E-state index contributed by atoms with van der Waals surface area (Å²) in [7, 11) is 0. The van der Waals surface area contributed by atoms with Gasteiger partial charge in [0.05, 0.1) is 0 Å². The fraction of sp³-hybridized carbons (Fsp3) is 0. The Balaban J connectivity index is 2.27. The van der Waals surface area contributed by atoms with Gasteiger partial charge in [0, 0.05) is 0 Å². The van der Waals surface area contributed by atoms with Gasteiger partial charge in [0.2, 0.25) is 0 Å². The van der Waals surface area contributed by atoms with Gasteiger partial charge in [0.25, 0.3) is 0 Å². The quantitative estimate of drug-likeness (QED) is 0.693. The predicted molar refractivity (Wildman–Crippen MR) is 53.7 cm³/mol.